The highest BCUT2D eigenvalue weighted by atomic mass is 32.2. The van der Waals surface area contributed by atoms with Gasteiger partial charge in [0.15, 0.2) is 0 Å². The summed E-state index contributed by atoms with van der Waals surface area (Å²) >= 11 is 0. The molecule has 0 aromatic heterocycles. The van der Waals surface area contributed by atoms with Crippen LogP contribution in [0, 0.1) is 5.92 Å². The lowest BCUT2D eigenvalue weighted by molar-refractivity contribution is -0.140. The lowest BCUT2D eigenvalue weighted by Gasteiger charge is -2.10. The van der Waals surface area contributed by atoms with Gasteiger partial charge in [-0.1, -0.05) is 12.5 Å². The van der Waals surface area contributed by atoms with E-state index in [1.165, 1.54) is 20.0 Å². The van der Waals surface area contributed by atoms with Crippen LogP contribution in [0.5, 0.6) is 5.75 Å². The number of rotatable bonds is 15. The van der Waals surface area contributed by atoms with Crippen LogP contribution >= 0.6 is 0 Å². The van der Waals surface area contributed by atoms with Crippen molar-refractivity contribution in [2.24, 2.45) is 5.92 Å². The number of methoxy groups -OCH3 is 1. The molecule has 0 radical (unpaired) electrons. The molecule has 28 heavy (non-hydrogen) atoms. The molecular weight excluding hydrogens is 382 g/mol. The van der Waals surface area contributed by atoms with Crippen molar-refractivity contribution in [3.8, 4) is 5.75 Å². The zero-order valence-electron chi connectivity index (χ0n) is 16.5. The summed E-state index contributed by atoms with van der Waals surface area (Å²) in [7, 11) is -2.16. The third-order valence-electron chi connectivity index (χ3n) is 4.45. The molecule has 0 bridgehead atoms. The average molecular weight is 414 g/mol. The van der Waals surface area contributed by atoms with E-state index in [2.05, 4.69) is 9.46 Å². The number of nitrogens with one attached hydrogen (secondary N) is 1. The van der Waals surface area contributed by atoms with E-state index < -0.39 is 10.0 Å². The van der Waals surface area contributed by atoms with Crippen LogP contribution in [0.25, 0.3) is 0 Å². The Labute approximate surface area is 167 Å². The van der Waals surface area contributed by atoms with Crippen LogP contribution in [-0.4, -0.2) is 47.9 Å². The van der Waals surface area contributed by atoms with Gasteiger partial charge in [0.2, 0.25) is 10.0 Å². The zero-order valence-corrected chi connectivity index (χ0v) is 17.3. The second kappa shape index (κ2) is 12.0. The molecule has 1 fully saturated rings. The predicted octanol–water partition coefficient (Wildman–Crippen LogP) is 2.89. The molecule has 0 unspecified atom stereocenters. The molecule has 0 saturated heterocycles. The molecule has 1 aromatic carbocycles. The molecule has 0 spiro atoms. The van der Waals surface area contributed by atoms with Crippen molar-refractivity contribution in [3.05, 3.63) is 24.3 Å². The van der Waals surface area contributed by atoms with Crippen LogP contribution in [0.15, 0.2) is 29.2 Å². The standard InChI is InChI=1S/C20H31NO6S/c1-25-20(22)9-3-2-4-13-26-14-6-12-21-28(23,24)19-8-5-7-18(15-19)27-16-17-10-11-17/h5,7-8,15,17,21H,2-4,6,9-14,16H2,1H3. The van der Waals surface area contributed by atoms with Crippen LogP contribution in [0.3, 0.4) is 0 Å². The Morgan fingerprint density at radius 3 is 2.68 bits per heavy atom. The fourth-order valence-corrected chi connectivity index (χ4v) is 3.66. The summed E-state index contributed by atoms with van der Waals surface area (Å²) in [6.07, 6.45) is 5.98. The summed E-state index contributed by atoms with van der Waals surface area (Å²) in [5.41, 5.74) is 0. The fraction of sp³-hybridized carbons (Fsp3) is 0.650. The Hall–Kier alpha value is -1.64. The monoisotopic (exact) mass is 413 g/mol. The van der Waals surface area contributed by atoms with Crippen LogP contribution in [-0.2, 0) is 24.3 Å². The molecule has 0 heterocycles. The molecule has 1 N–H and O–H groups in total. The molecule has 7 nitrogen and oxygen atoms in total. The van der Waals surface area contributed by atoms with Crippen LogP contribution < -0.4 is 9.46 Å². The van der Waals surface area contributed by atoms with Crippen molar-refractivity contribution in [1.82, 2.24) is 4.72 Å². The van der Waals surface area contributed by atoms with Crippen molar-refractivity contribution in [2.45, 2.75) is 49.8 Å². The van der Waals surface area contributed by atoms with E-state index in [0.717, 1.165) is 19.3 Å². The van der Waals surface area contributed by atoms with Gasteiger partial charge in [0, 0.05) is 32.2 Å². The van der Waals surface area contributed by atoms with Crippen LogP contribution in [0.2, 0.25) is 0 Å². The van der Waals surface area contributed by atoms with Crippen molar-refractivity contribution >= 4 is 16.0 Å². The third-order valence-corrected chi connectivity index (χ3v) is 5.91. The molecule has 1 aliphatic rings. The summed E-state index contributed by atoms with van der Waals surface area (Å²) in [6, 6.07) is 6.60. The summed E-state index contributed by atoms with van der Waals surface area (Å²) in [4.78, 5) is 11.2. The van der Waals surface area contributed by atoms with E-state index in [9.17, 15) is 13.2 Å². The van der Waals surface area contributed by atoms with E-state index in [-0.39, 0.29) is 10.9 Å². The minimum atomic E-state index is -3.55. The van der Waals surface area contributed by atoms with Gasteiger partial charge in [0.05, 0.1) is 18.6 Å². The molecule has 8 heteroatoms. The topological polar surface area (TPSA) is 90.9 Å². The SMILES string of the molecule is COC(=O)CCCCCOCCCNS(=O)(=O)c1cccc(OCC2CC2)c1. The Kier molecular flexibility index (Phi) is 9.73. The minimum absolute atomic E-state index is 0.187. The molecule has 0 atom stereocenters. The highest BCUT2D eigenvalue weighted by molar-refractivity contribution is 7.89. The van der Waals surface area contributed by atoms with Gasteiger partial charge in [-0.25, -0.2) is 13.1 Å². The Bertz CT molecular complexity index is 702. The van der Waals surface area contributed by atoms with Crippen molar-refractivity contribution in [3.63, 3.8) is 0 Å². The lowest BCUT2D eigenvalue weighted by Crippen LogP contribution is -2.25. The number of hydrogen-bond acceptors (Lipinski definition) is 6. The highest BCUT2D eigenvalue weighted by Crippen LogP contribution is 2.29. The molecule has 1 aliphatic carbocycles. The zero-order chi connectivity index (χ0) is 20.2. The second-order valence-corrected chi connectivity index (χ2v) is 8.75. The summed E-state index contributed by atoms with van der Waals surface area (Å²) in [5.74, 6) is 1.02. The van der Waals surface area contributed by atoms with E-state index in [1.807, 2.05) is 0 Å². The van der Waals surface area contributed by atoms with Crippen LogP contribution in [0.4, 0.5) is 0 Å². The maximum Gasteiger partial charge on any atom is 0.305 e. The first-order valence-electron chi connectivity index (χ1n) is 9.88. The quantitative estimate of drug-likeness (QED) is 0.351. The fourth-order valence-electron chi connectivity index (χ4n) is 2.55. The normalized spacial score (nSPS) is 14.0. The summed E-state index contributed by atoms with van der Waals surface area (Å²) in [6.45, 7) is 2.06. The Morgan fingerprint density at radius 1 is 1.14 bits per heavy atom. The van der Waals surface area contributed by atoms with Crippen LogP contribution in [0.1, 0.15) is 44.9 Å². The minimum Gasteiger partial charge on any atom is -0.493 e. The van der Waals surface area contributed by atoms with Gasteiger partial charge in [-0.2, -0.15) is 0 Å². The van der Waals surface area contributed by atoms with Gasteiger partial charge >= 0.3 is 5.97 Å². The molecular formula is C20H31NO6S. The first-order chi connectivity index (χ1) is 13.5. The second-order valence-electron chi connectivity index (χ2n) is 6.98. The van der Waals surface area contributed by atoms with E-state index in [4.69, 9.17) is 9.47 Å². The first kappa shape index (κ1) is 22.6. The number of carbonyl (C=O) groups is 1. The molecule has 0 aliphatic heterocycles. The van der Waals surface area contributed by atoms with Gasteiger partial charge in [0.1, 0.15) is 5.75 Å². The third kappa shape index (κ3) is 9.03. The van der Waals surface area contributed by atoms with Crippen molar-refractivity contribution < 1.29 is 27.4 Å². The van der Waals surface area contributed by atoms with Gasteiger partial charge < -0.3 is 14.2 Å². The first-order valence-corrected chi connectivity index (χ1v) is 11.4. The number of sulfonamides is 1. The number of unbranched alkanes of at least 4 members (excludes halogenated alkanes) is 2. The number of hydrogen-bond donors (Lipinski definition) is 1. The number of esters is 1. The smallest absolute Gasteiger partial charge is 0.305 e. The van der Waals surface area contributed by atoms with E-state index >= 15 is 0 Å². The molecule has 0 amide bonds. The van der Waals surface area contributed by atoms with Gasteiger partial charge in [-0.3, -0.25) is 4.79 Å². The Balaban J connectivity index is 1.56. The average Bonchev–Trinajstić information content (AvgIpc) is 3.52. The van der Waals surface area contributed by atoms with E-state index in [1.54, 1.807) is 24.3 Å². The van der Waals surface area contributed by atoms with Gasteiger partial charge in [-0.15, -0.1) is 0 Å². The Morgan fingerprint density at radius 2 is 1.93 bits per heavy atom. The summed E-state index contributed by atoms with van der Waals surface area (Å²) < 4.78 is 43.1. The predicted molar refractivity (Wildman–Crippen MR) is 106 cm³/mol. The molecule has 1 aromatic rings. The number of benzene rings is 1. The maximum absolute atomic E-state index is 12.4. The van der Waals surface area contributed by atoms with E-state index in [0.29, 0.717) is 50.9 Å². The largest absolute Gasteiger partial charge is 0.493 e. The molecule has 1 saturated carbocycles. The number of ether oxygens (including phenoxy) is 3. The molecule has 158 valence electrons. The highest BCUT2D eigenvalue weighted by Gasteiger charge is 2.22. The molecule has 2 rings (SSSR count). The maximum atomic E-state index is 12.4. The summed E-state index contributed by atoms with van der Waals surface area (Å²) in [5, 5.41) is 0. The lowest BCUT2D eigenvalue weighted by atomic mass is 10.2. The number of carbonyl (C=O) groups excluding carboxylic acids is 1. The van der Waals surface area contributed by atoms with Crippen molar-refractivity contribution in [1.29, 1.82) is 0 Å². The van der Waals surface area contributed by atoms with Gasteiger partial charge in [0.25, 0.3) is 0 Å². The van der Waals surface area contributed by atoms with Crippen molar-refractivity contribution in [2.75, 3.05) is 33.5 Å². The van der Waals surface area contributed by atoms with Gasteiger partial charge in [-0.05, 0) is 50.2 Å².